The highest BCUT2D eigenvalue weighted by atomic mass is 16.5. The molecule has 3 aliphatic rings. The number of hydrogen-bond acceptors (Lipinski definition) is 3. The van der Waals surface area contributed by atoms with Gasteiger partial charge in [-0.25, -0.2) is 0 Å². The van der Waals surface area contributed by atoms with Crippen molar-refractivity contribution in [2.75, 3.05) is 13.1 Å². The lowest BCUT2D eigenvalue weighted by Crippen LogP contribution is -2.54. The van der Waals surface area contributed by atoms with Gasteiger partial charge >= 0.3 is 0 Å². The van der Waals surface area contributed by atoms with Crippen LogP contribution in [0.15, 0.2) is 0 Å². The van der Waals surface area contributed by atoms with Crippen LogP contribution in [0.5, 0.6) is 0 Å². The van der Waals surface area contributed by atoms with Crippen molar-refractivity contribution in [1.29, 1.82) is 0 Å². The van der Waals surface area contributed by atoms with Gasteiger partial charge in [-0.1, -0.05) is 0 Å². The second kappa shape index (κ2) is 4.28. The number of fused-ring (bicyclic) bond motifs is 2. The molecule has 0 amide bonds. The van der Waals surface area contributed by atoms with Gasteiger partial charge in [0.1, 0.15) is 0 Å². The van der Waals surface area contributed by atoms with Crippen LogP contribution >= 0.6 is 0 Å². The molecule has 3 aliphatic heterocycles. The van der Waals surface area contributed by atoms with Crippen LogP contribution in [-0.4, -0.2) is 48.3 Å². The molecule has 3 saturated heterocycles. The fourth-order valence-electron chi connectivity index (χ4n) is 3.84. The zero-order valence-corrected chi connectivity index (χ0v) is 10.5. The first-order valence-electron chi connectivity index (χ1n) is 6.86. The first-order chi connectivity index (χ1) is 7.70. The minimum Gasteiger partial charge on any atom is -0.373 e. The second-order valence-corrected chi connectivity index (χ2v) is 5.97. The normalized spacial score (nSPS) is 49.5. The molecule has 3 nitrogen and oxygen atoms in total. The van der Waals surface area contributed by atoms with Gasteiger partial charge < -0.3 is 10.1 Å². The standard InChI is InChI=1S/C13H24N2O/c1-9-7-15(8-10(2)16-9)13-5-11-3-4-12(6-13)14-11/h9-14H,3-8H2,1-2H3. The predicted octanol–water partition coefficient (Wildman–Crippen LogP) is 1.38. The monoisotopic (exact) mass is 224 g/mol. The number of nitrogens with one attached hydrogen (secondary N) is 1. The molecule has 0 aromatic carbocycles. The minimum absolute atomic E-state index is 0.413. The maximum atomic E-state index is 5.82. The average molecular weight is 224 g/mol. The summed E-state index contributed by atoms with van der Waals surface area (Å²) in [7, 11) is 0. The lowest BCUT2D eigenvalue weighted by Gasteiger charge is -2.43. The van der Waals surface area contributed by atoms with Crippen molar-refractivity contribution in [3.05, 3.63) is 0 Å². The van der Waals surface area contributed by atoms with Crippen LogP contribution in [0.1, 0.15) is 39.5 Å². The molecule has 3 heteroatoms. The number of rotatable bonds is 1. The molecule has 4 atom stereocenters. The topological polar surface area (TPSA) is 24.5 Å². The molecule has 0 saturated carbocycles. The smallest absolute Gasteiger partial charge is 0.0678 e. The maximum Gasteiger partial charge on any atom is 0.0678 e. The SMILES string of the molecule is CC1CN(C2CC3CCC(C2)N3)CC(C)O1. The van der Waals surface area contributed by atoms with Gasteiger partial charge in [-0.2, -0.15) is 0 Å². The molecule has 0 radical (unpaired) electrons. The first-order valence-corrected chi connectivity index (χ1v) is 6.86. The molecule has 0 aromatic heterocycles. The molecular weight excluding hydrogens is 200 g/mol. The quantitative estimate of drug-likeness (QED) is 0.728. The Morgan fingerprint density at radius 1 is 1.00 bits per heavy atom. The van der Waals surface area contributed by atoms with E-state index in [1.165, 1.54) is 25.7 Å². The summed E-state index contributed by atoms with van der Waals surface area (Å²) < 4.78 is 5.82. The van der Waals surface area contributed by atoms with E-state index in [2.05, 4.69) is 24.1 Å². The van der Waals surface area contributed by atoms with Gasteiger partial charge in [0.05, 0.1) is 12.2 Å². The Hall–Kier alpha value is -0.120. The Balaban J connectivity index is 1.64. The first kappa shape index (κ1) is 11.0. The van der Waals surface area contributed by atoms with Crippen molar-refractivity contribution >= 4 is 0 Å². The summed E-state index contributed by atoms with van der Waals surface area (Å²) in [4.78, 5) is 2.69. The summed E-state index contributed by atoms with van der Waals surface area (Å²) in [6.45, 7) is 6.68. The van der Waals surface area contributed by atoms with Crippen molar-refractivity contribution in [3.63, 3.8) is 0 Å². The Morgan fingerprint density at radius 2 is 1.56 bits per heavy atom. The van der Waals surface area contributed by atoms with Gasteiger partial charge in [-0.15, -0.1) is 0 Å². The maximum absolute atomic E-state index is 5.82. The summed E-state index contributed by atoms with van der Waals surface area (Å²) in [5.74, 6) is 0. The summed E-state index contributed by atoms with van der Waals surface area (Å²) in [6, 6.07) is 2.42. The van der Waals surface area contributed by atoms with Crippen LogP contribution < -0.4 is 5.32 Å². The second-order valence-electron chi connectivity index (χ2n) is 5.97. The predicted molar refractivity (Wildman–Crippen MR) is 64.5 cm³/mol. The third-order valence-electron chi connectivity index (χ3n) is 4.41. The van der Waals surface area contributed by atoms with Crippen LogP contribution in [0.25, 0.3) is 0 Å². The average Bonchev–Trinajstić information content (AvgIpc) is 2.56. The van der Waals surface area contributed by atoms with Crippen molar-refractivity contribution in [2.24, 2.45) is 0 Å². The molecule has 1 N–H and O–H groups in total. The van der Waals surface area contributed by atoms with Gasteiger partial charge in [-0.05, 0) is 39.5 Å². The molecule has 3 rings (SSSR count). The lowest BCUT2D eigenvalue weighted by molar-refractivity contribution is -0.0851. The molecule has 0 aliphatic carbocycles. The third kappa shape index (κ3) is 2.13. The molecule has 2 bridgehead atoms. The summed E-state index contributed by atoms with van der Waals surface area (Å²) >= 11 is 0. The largest absolute Gasteiger partial charge is 0.373 e. The van der Waals surface area contributed by atoms with E-state index in [4.69, 9.17) is 4.74 Å². The van der Waals surface area contributed by atoms with E-state index in [0.717, 1.165) is 31.2 Å². The zero-order chi connectivity index (χ0) is 11.1. The van der Waals surface area contributed by atoms with Crippen LogP contribution in [0.4, 0.5) is 0 Å². The summed E-state index contributed by atoms with van der Waals surface area (Å²) in [5, 5.41) is 3.72. The number of hydrogen-bond donors (Lipinski definition) is 1. The van der Waals surface area contributed by atoms with E-state index in [9.17, 15) is 0 Å². The molecule has 4 unspecified atom stereocenters. The fraction of sp³-hybridized carbons (Fsp3) is 1.00. The Bertz CT molecular complexity index is 236. The van der Waals surface area contributed by atoms with E-state index in [-0.39, 0.29) is 0 Å². The van der Waals surface area contributed by atoms with Gasteiger partial charge in [0, 0.05) is 31.2 Å². The van der Waals surface area contributed by atoms with E-state index < -0.39 is 0 Å². The molecule has 16 heavy (non-hydrogen) atoms. The van der Waals surface area contributed by atoms with Crippen LogP contribution in [0, 0.1) is 0 Å². The van der Waals surface area contributed by atoms with Crippen molar-refractivity contribution in [3.8, 4) is 0 Å². The zero-order valence-electron chi connectivity index (χ0n) is 10.5. The van der Waals surface area contributed by atoms with E-state index >= 15 is 0 Å². The Kier molecular flexibility index (Phi) is 2.94. The van der Waals surface area contributed by atoms with Crippen molar-refractivity contribution < 1.29 is 4.74 Å². The molecule has 0 spiro atoms. The number of ether oxygens (including phenoxy) is 1. The van der Waals surface area contributed by atoms with Crippen molar-refractivity contribution in [2.45, 2.75) is 69.9 Å². The minimum atomic E-state index is 0.413. The van der Waals surface area contributed by atoms with Gasteiger partial charge in [0.2, 0.25) is 0 Å². The van der Waals surface area contributed by atoms with Crippen LogP contribution in [-0.2, 0) is 4.74 Å². The molecular formula is C13H24N2O. The van der Waals surface area contributed by atoms with Gasteiger partial charge in [0.15, 0.2) is 0 Å². The van der Waals surface area contributed by atoms with Crippen LogP contribution in [0.3, 0.4) is 0 Å². The highest BCUT2D eigenvalue weighted by molar-refractivity contribution is 4.96. The van der Waals surface area contributed by atoms with Crippen LogP contribution in [0.2, 0.25) is 0 Å². The highest BCUT2D eigenvalue weighted by Crippen LogP contribution is 2.31. The highest BCUT2D eigenvalue weighted by Gasteiger charge is 2.37. The van der Waals surface area contributed by atoms with E-state index in [1.54, 1.807) is 0 Å². The number of piperidine rings is 1. The summed E-state index contributed by atoms with van der Waals surface area (Å²) in [5.41, 5.74) is 0. The molecule has 3 heterocycles. The fourth-order valence-corrected chi connectivity index (χ4v) is 3.84. The van der Waals surface area contributed by atoms with Gasteiger partial charge in [0.25, 0.3) is 0 Å². The number of morpholine rings is 1. The van der Waals surface area contributed by atoms with E-state index in [1.807, 2.05) is 0 Å². The molecule has 92 valence electrons. The number of nitrogens with zero attached hydrogens (tertiary/aromatic N) is 1. The Labute approximate surface area is 98.5 Å². The lowest BCUT2D eigenvalue weighted by atomic mass is 9.97. The summed E-state index contributed by atoms with van der Waals surface area (Å²) in [6.07, 6.45) is 6.34. The third-order valence-corrected chi connectivity index (χ3v) is 4.41. The van der Waals surface area contributed by atoms with Gasteiger partial charge in [-0.3, -0.25) is 4.90 Å². The Morgan fingerprint density at radius 3 is 2.12 bits per heavy atom. The van der Waals surface area contributed by atoms with E-state index in [0.29, 0.717) is 12.2 Å². The molecule has 3 fully saturated rings. The van der Waals surface area contributed by atoms with Crippen molar-refractivity contribution in [1.82, 2.24) is 10.2 Å². The molecule has 0 aromatic rings.